The molecule has 0 bridgehead atoms. The molecule has 73 heavy (non-hydrogen) atoms. The molecule has 0 saturated heterocycles. The van der Waals surface area contributed by atoms with E-state index < -0.39 is 0 Å². The average Bonchev–Trinajstić information content (AvgIpc) is 3.96. The minimum atomic E-state index is -0.194. The molecule has 2 heterocycles. The molecule has 0 atom stereocenters. The fraction of sp³-hybridized carbons (Fsp3) is 0.217. The second-order valence-electron chi connectivity index (χ2n) is 23.9. The molecular formula is C69H60BN2O. The number of fused-ring (bicyclic) bond motifs is 13. The maximum absolute atomic E-state index is 7.26. The van der Waals surface area contributed by atoms with Gasteiger partial charge in [0.1, 0.15) is 5.58 Å². The number of anilines is 5. The first-order valence-electron chi connectivity index (χ1n) is 26.4. The fourth-order valence-electron chi connectivity index (χ4n) is 13.6. The smallest absolute Gasteiger partial charge is 0.198 e. The SMILES string of the molecule is Cc1cc2c(cc1N1c3cc4c(cc3[B]c3c(-c5cc6c(cc5Nc5ccc(-c7ccccc7)cc5)C(C)(C)c5ccccc5-6)cc5c(oc6ccccc65)c31)-c1ccccc1C4(C)C)C(C)(C)CCC2(C)C. The molecule has 0 saturated carbocycles. The molecule has 1 N–H and O–H groups in total. The van der Waals surface area contributed by atoms with Crippen LogP contribution in [0.15, 0.2) is 174 Å². The van der Waals surface area contributed by atoms with Gasteiger partial charge in [0.05, 0.1) is 5.69 Å². The molecule has 3 aliphatic carbocycles. The first-order valence-corrected chi connectivity index (χ1v) is 26.4. The summed E-state index contributed by atoms with van der Waals surface area (Å²) in [7, 11) is 2.49. The van der Waals surface area contributed by atoms with Gasteiger partial charge in [-0.1, -0.05) is 182 Å². The summed E-state index contributed by atoms with van der Waals surface area (Å²) in [5.41, 5.74) is 28.9. The first kappa shape index (κ1) is 44.2. The molecule has 14 rings (SSSR count). The third-order valence-corrected chi connectivity index (χ3v) is 17.9. The van der Waals surface area contributed by atoms with E-state index in [1.165, 1.54) is 89.2 Å². The summed E-state index contributed by atoms with van der Waals surface area (Å²) in [5, 5.41) is 6.28. The Hall–Kier alpha value is -7.56. The molecule has 10 aromatic rings. The van der Waals surface area contributed by atoms with Crippen molar-refractivity contribution in [2.24, 2.45) is 0 Å². The van der Waals surface area contributed by atoms with Crippen molar-refractivity contribution in [3.8, 4) is 44.5 Å². The van der Waals surface area contributed by atoms with Gasteiger partial charge in [-0.3, -0.25) is 0 Å². The van der Waals surface area contributed by atoms with Crippen LogP contribution in [0.2, 0.25) is 0 Å². The van der Waals surface area contributed by atoms with Gasteiger partial charge >= 0.3 is 0 Å². The minimum Gasteiger partial charge on any atom is -0.454 e. The quantitative estimate of drug-likeness (QED) is 0.174. The Labute approximate surface area is 431 Å². The number of para-hydroxylation sites is 1. The van der Waals surface area contributed by atoms with E-state index in [1.807, 2.05) is 0 Å². The number of rotatable bonds is 5. The van der Waals surface area contributed by atoms with Gasteiger partial charge in [0, 0.05) is 49.9 Å². The summed E-state index contributed by atoms with van der Waals surface area (Å²) in [6.07, 6.45) is 2.30. The fourth-order valence-corrected chi connectivity index (χ4v) is 13.6. The van der Waals surface area contributed by atoms with Crippen molar-refractivity contribution in [1.29, 1.82) is 0 Å². The molecular weight excluding hydrogens is 884 g/mol. The van der Waals surface area contributed by atoms with Gasteiger partial charge in [0.25, 0.3) is 0 Å². The second kappa shape index (κ2) is 15.2. The van der Waals surface area contributed by atoms with Crippen LogP contribution in [0.3, 0.4) is 0 Å². The molecule has 4 heteroatoms. The molecule has 355 valence electrons. The van der Waals surface area contributed by atoms with Crippen molar-refractivity contribution in [2.45, 2.75) is 96.8 Å². The number of nitrogens with one attached hydrogen (secondary N) is 1. The lowest BCUT2D eigenvalue weighted by atomic mass is 9.57. The zero-order valence-corrected chi connectivity index (χ0v) is 43.5. The Morgan fingerprint density at radius 2 is 1.04 bits per heavy atom. The number of benzene rings is 9. The van der Waals surface area contributed by atoms with Gasteiger partial charge in [-0.2, -0.15) is 0 Å². The normalized spacial score (nSPS) is 16.7. The zero-order valence-electron chi connectivity index (χ0n) is 43.5. The Bertz CT molecular complexity index is 3980. The number of aryl methyl sites for hydroxylation is 1. The van der Waals surface area contributed by atoms with E-state index >= 15 is 0 Å². The largest absolute Gasteiger partial charge is 0.454 e. The average molecular weight is 944 g/mol. The predicted octanol–water partition coefficient (Wildman–Crippen LogP) is 17.4. The highest BCUT2D eigenvalue weighted by Gasteiger charge is 2.43. The molecule has 4 aliphatic rings. The lowest BCUT2D eigenvalue weighted by molar-refractivity contribution is 0.332. The van der Waals surface area contributed by atoms with Crippen LogP contribution in [0.4, 0.5) is 28.4 Å². The molecule has 9 aromatic carbocycles. The topological polar surface area (TPSA) is 28.4 Å². The van der Waals surface area contributed by atoms with E-state index in [9.17, 15) is 0 Å². The van der Waals surface area contributed by atoms with E-state index in [4.69, 9.17) is 4.42 Å². The Kier molecular flexibility index (Phi) is 9.22. The molecule has 1 radical (unpaired) electrons. The van der Waals surface area contributed by atoms with Crippen LogP contribution in [0, 0.1) is 6.92 Å². The van der Waals surface area contributed by atoms with Gasteiger partial charge in [0.2, 0.25) is 0 Å². The summed E-state index contributed by atoms with van der Waals surface area (Å²) in [6, 6.07) is 63.8. The highest BCUT2D eigenvalue weighted by Crippen LogP contribution is 2.56. The van der Waals surface area contributed by atoms with Crippen LogP contribution in [-0.4, -0.2) is 7.28 Å². The third-order valence-electron chi connectivity index (χ3n) is 17.9. The van der Waals surface area contributed by atoms with E-state index in [1.54, 1.807) is 0 Å². The van der Waals surface area contributed by atoms with E-state index in [0.717, 1.165) is 68.4 Å². The predicted molar refractivity (Wildman–Crippen MR) is 309 cm³/mol. The summed E-state index contributed by atoms with van der Waals surface area (Å²) >= 11 is 0. The summed E-state index contributed by atoms with van der Waals surface area (Å²) in [4.78, 5) is 2.62. The van der Waals surface area contributed by atoms with E-state index in [0.29, 0.717) is 0 Å². The van der Waals surface area contributed by atoms with Crippen LogP contribution in [-0.2, 0) is 21.7 Å². The molecule has 1 aliphatic heterocycles. The highest BCUT2D eigenvalue weighted by molar-refractivity contribution is 6.74. The van der Waals surface area contributed by atoms with Crippen molar-refractivity contribution in [2.75, 3.05) is 10.2 Å². The van der Waals surface area contributed by atoms with Crippen molar-refractivity contribution < 1.29 is 4.42 Å². The molecule has 0 spiro atoms. The van der Waals surface area contributed by atoms with Crippen LogP contribution in [0.1, 0.15) is 107 Å². The van der Waals surface area contributed by atoms with Crippen molar-refractivity contribution >= 4 is 68.6 Å². The maximum atomic E-state index is 7.26. The highest BCUT2D eigenvalue weighted by atomic mass is 16.3. The molecule has 0 fully saturated rings. The van der Waals surface area contributed by atoms with Gasteiger partial charge < -0.3 is 14.6 Å². The number of furan rings is 1. The van der Waals surface area contributed by atoms with Gasteiger partial charge in [-0.05, 0) is 162 Å². The van der Waals surface area contributed by atoms with Crippen molar-refractivity contribution in [1.82, 2.24) is 0 Å². The van der Waals surface area contributed by atoms with Crippen molar-refractivity contribution in [3.05, 3.63) is 209 Å². The second-order valence-corrected chi connectivity index (χ2v) is 23.9. The van der Waals surface area contributed by atoms with Crippen LogP contribution < -0.4 is 21.1 Å². The first-order chi connectivity index (χ1) is 35.1. The number of nitrogens with zero attached hydrogens (tertiary/aromatic N) is 1. The van der Waals surface area contributed by atoms with Crippen molar-refractivity contribution in [3.63, 3.8) is 0 Å². The van der Waals surface area contributed by atoms with Crippen LogP contribution >= 0.6 is 0 Å². The van der Waals surface area contributed by atoms with Gasteiger partial charge in [0.15, 0.2) is 12.9 Å². The van der Waals surface area contributed by atoms with E-state index in [-0.39, 0.29) is 21.7 Å². The lowest BCUT2D eigenvalue weighted by Gasteiger charge is -2.44. The Morgan fingerprint density at radius 3 is 1.74 bits per heavy atom. The summed E-state index contributed by atoms with van der Waals surface area (Å²) in [6.45, 7) is 21.7. The minimum absolute atomic E-state index is 0.00727. The third kappa shape index (κ3) is 6.38. The number of hydrogen-bond acceptors (Lipinski definition) is 3. The summed E-state index contributed by atoms with van der Waals surface area (Å²) < 4.78 is 7.26. The zero-order chi connectivity index (χ0) is 49.9. The van der Waals surface area contributed by atoms with Crippen LogP contribution in [0.5, 0.6) is 0 Å². The standard InChI is InChI=1S/C69H60BN2O/c1-40-33-56-57(67(4,5)32-31-66(56,2)3)39-60(40)72-61-38-55-48(45-22-14-17-25-53(45)69(55,8)9)36-58(61)70-63-50(35-51-46-23-15-18-26-62(46)73-65(51)64(63)72)49-34-47-44-21-13-16-24-52(44)68(6,7)54(47)37-59(49)71-43-29-27-42(28-30-43)41-19-11-10-12-20-41/h10-30,33-39,71H,31-32H2,1-9H3. The molecule has 3 nitrogen and oxygen atoms in total. The Balaban J connectivity index is 1.08. The lowest BCUT2D eigenvalue weighted by Crippen LogP contribution is -2.42. The molecule has 1 aromatic heterocycles. The van der Waals surface area contributed by atoms with Gasteiger partial charge in [-0.25, -0.2) is 0 Å². The maximum Gasteiger partial charge on any atom is 0.198 e. The monoisotopic (exact) mass is 943 g/mol. The van der Waals surface area contributed by atoms with E-state index in [2.05, 4.69) is 250 Å². The molecule has 0 unspecified atom stereocenters. The molecule has 0 amide bonds. The Morgan fingerprint density at radius 1 is 0.466 bits per heavy atom. The number of hydrogen-bond donors (Lipinski definition) is 1. The summed E-state index contributed by atoms with van der Waals surface area (Å²) in [5.74, 6) is 0. The van der Waals surface area contributed by atoms with Crippen LogP contribution in [0.25, 0.3) is 66.4 Å². The van der Waals surface area contributed by atoms with Gasteiger partial charge in [-0.15, -0.1) is 0 Å².